The van der Waals surface area contributed by atoms with Gasteiger partial charge in [0.2, 0.25) is 5.69 Å². The first-order valence-electron chi connectivity index (χ1n) is 4.86. The van der Waals surface area contributed by atoms with E-state index in [1.807, 2.05) is 25.3 Å². The van der Waals surface area contributed by atoms with Crippen molar-refractivity contribution in [1.29, 1.82) is 0 Å². The summed E-state index contributed by atoms with van der Waals surface area (Å²) < 4.78 is 7.44. The van der Waals surface area contributed by atoms with Crippen LogP contribution >= 0.6 is 0 Å². The third-order valence-corrected chi connectivity index (χ3v) is 2.62. The molecule has 0 aliphatic carbocycles. The van der Waals surface area contributed by atoms with Crippen LogP contribution in [0.2, 0.25) is 0 Å². The van der Waals surface area contributed by atoms with Crippen molar-refractivity contribution in [1.82, 2.24) is 0 Å². The molecule has 2 rings (SSSR count). The predicted molar refractivity (Wildman–Crippen MR) is 61.8 cm³/mol. The molecule has 0 aliphatic heterocycles. The van der Waals surface area contributed by atoms with Crippen LogP contribution in [0.5, 0.6) is 5.75 Å². The largest absolute Gasteiger partial charge is 0.490 e. The molecule has 0 spiro atoms. The number of hydrogen-bond acceptors (Lipinski definition) is 1. The fourth-order valence-electron chi connectivity index (χ4n) is 1.82. The SMILES string of the molecule is C=Cc1ccc2cccc(OC)c2[n+]1C. The molecule has 0 N–H and O–H groups in total. The maximum atomic E-state index is 5.35. The van der Waals surface area contributed by atoms with E-state index in [0.717, 1.165) is 17.0 Å². The van der Waals surface area contributed by atoms with Crippen LogP contribution < -0.4 is 9.30 Å². The predicted octanol–water partition coefficient (Wildman–Crippen LogP) is 2.32. The first-order chi connectivity index (χ1) is 7.27. The Hall–Kier alpha value is -1.83. The molecule has 0 radical (unpaired) electrons. The molecule has 1 aromatic heterocycles. The van der Waals surface area contributed by atoms with Crippen LogP contribution in [0.1, 0.15) is 5.69 Å². The smallest absolute Gasteiger partial charge is 0.255 e. The summed E-state index contributed by atoms with van der Waals surface area (Å²) >= 11 is 0. The van der Waals surface area contributed by atoms with Crippen molar-refractivity contribution < 1.29 is 9.30 Å². The topological polar surface area (TPSA) is 13.1 Å². The second-order valence-corrected chi connectivity index (χ2v) is 3.42. The highest BCUT2D eigenvalue weighted by Gasteiger charge is 2.13. The van der Waals surface area contributed by atoms with Gasteiger partial charge in [0.1, 0.15) is 7.05 Å². The molecule has 0 saturated carbocycles. The Balaban J connectivity index is 2.88. The first-order valence-corrected chi connectivity index (χ1v) is 4.86. The van der Waals surface area contributed by atoms with Gasteiger partial charge in [-0.2, -0.15) is 4.57 Å². The molecule has 0 bridgehead atoms. The van der Waals surface area contributed by atoms with Crippen LogP contribution in [-0.2, 0) is 7.05 Å². The van der Waals surface area contributed by atoms with Crippen molar-refractivity contribution in [3.8, 4) is 5.75 Å². The summed E-state index contributed by atoms with van der Waals surface area (Å²) in [4.78, 5) is 0. The quantitative estimate of drug-likeness (QED) is 0.678. The molecule has 0 saturated heterocycles. The highest BCUT2D eigenvalue weighted by atomic mass is 16.5. The van der Waals surface area contributed by atoms with Crippen LogP contribution in [0, 0.1) is 0 Å². The minimum Gasteiger partial charge on any atom is -0.490 e. The Morgan fingerprint density at radius 1 is 1.27 bits per heavy atom. The van der Waals surface area contributed by atoms with E-state index in [-0.39, 0.29) is 0 Å². The molecule has 0 unspecified atom stereocenters. The molecular weight excluding hydrogens is 186 g/mol. The normalized spacial score (nSPS) is 10.3. The number of fused-ring (bicyclic) bond motifs is 1. The molecule has 0 aliphatic rings. The number of ether oxygens (including phenoxy) is 1. The molecule has 2 heteroatoms. The van der Waals surface area contributed by atoms with Crippen molar-refractivity contribution >= 4 is 17.0 Å². The number of benzene rings is 1. The lowest BCUT2D eigenvalue weighted by Crippen LogP contribution is -2.32. The maximum absolute atomic E-state index is 5.35. The highest BCUT2D eigenvalue weighted by Crippen LogP contribution is 2.22. The Kier molecular flexibility index (Phi) is 2.42. The van der Waals surface area contributed by atoms with E-state index < -0.39 is 0 Å². The Morgan fingerprint density at radius 3 is 2.73 bits per heavy atom. The van der Waals surface area contributed by atoms with Gasteiger partial charge < -0.3 is 4.74 Å². The van der Waals surface area contributed by atoms with Crippen molar-refractivity contribution in [3.05, 3.63) is 42.6 Å². The van der Waals surface area contributed by atoms with E-state index in [1.54, 1.807) is 7.11 Å². The van der Waals surface area contributed by atoms with Gasteiger partial charge in [-0.25, -0.2) is 0 Å². The lowest BCUT2D eigenvalue weighted by molar-refractivity contribution is -0.646. The minimum absolute atomic E-state index is 0.888. The summed E-state index contributed by atoms with van der Waals surface area (Å²) in [5, 5.41) is 1.17. The third kappa shape index (κ3) is 1.48. The monoisotopic (exact) mass is 200 g/mol. The molecule has 15 heavy (non-hydrogen) atoms. The molecule has 1 aromatic carbocycles. The number of rotatable bonds is 2. The average Bonchev–Trinajstić information content (AvgIpc) is 2.29. The molecular formula is C13H14NO+. The lowest BCUT2D eigenvalue weighted by atomic mass is 10.1. The van der Waals surface area contributed by atoms with E-state index in [1.165, 1.54) is 5.39 Å². The molecule has 1 heterocycles. The second kappa shape index (κ2) is 3.73. The fourth-order valence-corrected chi connectivity index (χ4v) is 1.82. The molecule has 0 amide bonds. The van der Waals surface area contributed by atoms with Crippen molar-refractivity contribution in [2.45, 2.75) is 0 Å². The molecule has 0 fully saturated rings. The Labute approximate surface area is 89.4 Å². The van der Waals surface area contributed by atoms with Crippen LogP contribution in [0.3, 0.4) is 0 Å². The van der Waals surface area contributed by atoms with Gasteiger partial charge in [-0.05, 0) is 18.2 Å². The van der Waals surface area contributed by atoms with Crippen molar-refractivity contribution in [2.75, 3.05) is 7.11 Å². The minimum atomic E-state index is 0.888. The van der Waals surface area contributed by atoms with Gasteiger partial charge in [-0.1, -0.05) is 12.6 Å². The number of nitrogens with zero attached hydrogens (tertiary/aromatic N) is 1. The molecule has 0 atom stereocenters. The summed E-state index contributed by atoms with van der Waals surface area (Å²) in [6.45, 7) is 3.79. The number of aryl methyl sites for hydroxylation is 1. The number of para-hydroxylation sites is 1. The van der Waals surface area contributed by atoms with Gasteiger partial charge in [0, 0.05) is 12.1 Å². The molecule has 2 aromatic rings. The number of hydrogen-bond donors (Lipinski definition) is 0. The van der Waals surface area contributed by atoms with Gasteiger partial charge in [-0.3, -0.25) is 0 Å². The summed E-state index contributed by atoms with van der Waals surface area (Å²) in [5.41, 5.74) is 2.17. The van der Waals surface area contributed by atoms with Crippen molar-refractivity contribution in [2.24, 2.45) is 7.05 Å². The van der Waals surface area contributed by atoms with Gasteiger partial charge >= 0.3 is 0 Å². The Bertz CT molecular complexity index is 517. The fraction of sp³-hybridized carbons (Fsp3) is 0.154. The number of methoxy groups -OCH3 is 1. The standard InChI is InChI=1S/C13H14NO/c1-4-11-9-8-10-6-5-7-12(15-3)13(10)14(11)2/h4-9H,1H2,2-3H3/q+1. The Morgan fingerprint density at radius 2 is 2.07 bits per heavy atom. The van der Waals surface area contributed by atoms with E-state index in [2.05, 4.69) is 29.3 Å². The number of pyridine rings is 1. The number of aromatic nitrogens is 1. The first kappa shape index (κ1) is 9.71. The second-order valence-electron chi connectivity index (χ2n) is 3.42. The van der Waals surface area contributed by atoms with Gasteiger partial charge in [0.05, 0.1) is 12.5 Å². The van der Waals surface area contributed by atoms with Crippen LogP contribution in [0.25, 0.3) is 17.0 Å². The van der Waals surface area contributed by atoms with E-state index >= 15 is 0 Å². The van der Waals surface area contributed by atoms with E-state index in [0.29, 0.717) is 0 Å². The van der Waals surface area contributed by atoms with Crippen LogP contribution in [0.15, 0.2) is 36.9 Å². The van der Waals surface area contributed by atoms with Gasteiger partial charge in [0.25, 0.3) is 5.52 Å². The van der Waals surface area contributed by atoms with Gasteiger partial charge in [0.15, 0.2) is 5.75 Å². The molecule has 76 valence electrons. The summed E-state index contributed by atoms with van der Waals surface area (Å²) in [5.74, 6) is 0.888. The lowest BCUT2D eigenvalue weighted by Gasteiger charge is -2.04. The summed E-state index contributed by atoms with van der Waals surface area (Å²) in [6, 6.07) is 10.2. The zero-order chi connectivity index (χ0) is 10.8. The molecule has 2 nitrogen and oxygen atoms in total. The van der Waals surface area contributed by atoms with Crippen LogP contribution in [0.4, 0.5) is 0 Å². The third-order valence-electron chi connectivity index (χ3n) is 2.62. The average molecular weight is 200 g/mol. The summed E-state index contributed by atoms with van der Waals surface area (Å²) in [6.07, 6.45) is 1.84. The highest BCUT2D eigenvalue weighted by molar-refractivity contribution is 5.82. The van der Waals surface area contributed by atoms with Gasteiger partial charge in [-0.15, -0.1) is 0 Å². The maximum Gasteiger partial charge on any atom is 0.255 e. The zero-order valence-corrected chi connectivity index (χ0v) is 9.03. The van der Waals surface area contributed by atoms with Crippen LogP contribution in [-0.4, -0.2) is 7.11 Å². The van der Waals surface area contributed by atoms with E-state index in [4.69, 9.17) is 4.74 Å². The van der Waals surface area contributed by atoms with E-state index in [9.17, 15) is 0 Å². The van der Waals surface area contributed by atoms with Crippen molar-refractivity contribution in [3.63, 3.8) is 0 Å². The zero-order valence-electron chi connectivity index (χ0n) is 9.03. The summed E-state index contributed by atoms with van der Waals surface area (Å²) in [7, 11) is 3.71.